The Hall–Kier alpha value is -3.56. The number of carbonyl (C=O) groups excluding carboxylic acids is 3. The van der Waals surface area contributed by atoms with Crippen molar-refractivity contribution in [2.75, 3.05) is 30.5 Å². The van der Waals surface area contributed by atoms with E-state index in [1.54, 1.807) is 61.7 Å². The summed E-state index contributed by atoms with van der Waals surface area (Å²) in [5.41, 5.74) is 1.03. The number of para-hydroxylation sites is 2. The van der Waals surface area contributed by atoms with Crippen molar-refractivity contribution in [1.29, 1.82) is 0 Å². The molecule has 0 bridgehead atoms. The van der Waals surface area contributed by atoms with Gasteiger partial charge in [-0.2, -0.15) is 0 Å². The highest BCUT2D eigenvalue weighted by molar-refractivity contribution is 9.10. The van der Waals surface area contributed by atoms with Gasteiger partial charge in [-0.25, -0.2) is 0 Å². The van der Waals surface area contributed by atoms with Crippen LogP contribution in [0, 0.1) is 5.92 Å². The number of amides is 2. The predicted molar refractivity (Wildman–Crippen MR) is 139 cm³/mol. The third kappa shape index (κ3) is 6.16. The average Bonchev–Trinajstić information content (AvgIpc) is 3.26. The number of hydrogen-bond donors (Lipinski definition) is 1. The van der Waals surface area contributed by atoms with E-state index in [1.165, 1.54) is 4.90 Å². The van der Waals surface area contributed by atoms with Gasteiger partial charge in [0, 0.05) is 23.1 Å². The van der Waals surface area contributed by atoms with Crippen LogP contribution >= 0.6 is 27.5 Å². The van der Waals surface area contributed by atoms with Crippen LogP contribution in [0.1, 0.15) is 6.42 Å². The summed E-state index contributed by atoms with van der Waals surface area (Å²) in [6, 6.07) is 19.2. The second-order valence-corrected chi connectivity index (χ2v) is 9.26. The van der Waals surface area contributed by atoms with E-state index in [1.807, 2.05) is 12.1 Å². The Morgan fingerprint density at radius 1 is 1.08 bits per heavy atom. The topological polar surface area (TPSA) is 94.2 Å². The van der Waals surface area contributed by atoms with Crippen molar-refractivity contribution in [2.45, 2.75) is 6.42 Å². The first kappa shape index (κ1) is 25.5. The molecule has 10 heteroatoms. The van der Waals surface area contributed by atoms with Crippen LogP contribution in [-0.2, 0) is 19.1 Å². The van der Waals surface area contributed by atoms with Gasteiger partial charge >= 0.3 is 5.97 Å². The van der Waals surface area contributed by atoms with E-state index < -0.39 is 24.4 Å². The van der Waals surface area contributed by atoms with Crippen LogP contribution in [0.3, 0.4) is 0 Å². The van der Waals surface area contributed by atoms with E-state index in [0.29, 0.717) is 33.6 Å². The number of rotatable bonds is 8. The molecule has 1 aliphatic rings. The molecule has 36 heavy (non-hydrogen) atoms. The average molecular weight is 574 g/mol. The molecule has 0 aliphatic carbocycles. The summed E-state index contributed by atoms with van der Waals surface area (Å²) in [4.78, 5) is 38.8. The van der Waals surface area contributed by atoms with Crippen molar-refractivity contribution in [1.82, 2.24) is 0 Å². The normalized spacial score (nSPS) is 14.9. The fraction of sp³-hybridized carbons (Fsp3) is 0.192. The fourth-order valence-electron chi connectivity index (χ4n) is 3.67. The second kappa shape index (κ2) is 11.5. The van der Waals surface area contributed by atoms with Gasteiger partial charge in [-0.15, -0.1) is 0 Å². The maximum Gasteiger partial charge on any atom is 0.311 e. The van der Waals surface area contributed by atoms with Crippen molar-refractivity contribution in [2.24, 2.45) is 5.92 Å². The number of methoxy groups -OCH3 is 1. The van der Waals surface area contributed by atoms with E-state index in [4.69, 9.17) is 25.8 Å². The van der Waals surface area contributed by atoms with Gasteiger partial charge < -0.3 is 24.4 Å². The lowest BCUT2D eigenvalue weighted by molar-refractivity contribution is -0.151. The van der Waals surface area contributed by atoms with Gasteiger partial charge in [-0.1, -0.05) is 39.7 Å². The number of benzene rings is 3. The maximum atomic E-state index is 12.6. The van der Waals surface area contributed by atoms with Crippen LogP contribution in [-0.4, -0.2) is 38.0 Å². The van der Waals surface area contributed by atoms with Crippen LogP contribution in [0.5, 0.6) is 17.2 Å². The Morgan fingerprint density at radius 2 is 1.81 bits per heavy atom. The van der Waals surface area contributed by atoms with Crippen molar-refractivity contribution in [3.63, 3.8) is 0 Å². The smallest absolute Gasteiger partial charge is 0.311 e. The summed E-state index contributed by atoms with van der Waals surface area (Å²) in [6.07, 6.45) is -0.00153. The molecule has 0 saturated carbocycles. The number of hydrogen-bond acceptors (Lipinski definition) is 6. The van der Waals surface area contributed by atoms with Gasteiger partial charge in [0.05, 0.1) is 23.7 Å². The molecule has 186 valence electrons. The van der Waals surface area contributed by atoms with Gasteiger partial charge in [0.2, 0.25) is 5.91 Å². The molecule has 8 nitrogen and oxygen atoms in total. The molecule has 3 aromatic carbocycles. The van der Waals surface area contributed by atoms with Gasteiger partial charge in [0.25, 0.3) is 5.91 Å². The Bertz CT molecular complexity index is 1280. The lowest BCUT2D eigenvalue weighted by atomic mass is 10.1. The van der Waals surface area contributed by atoms with Crippen LogP contribution in [0.25, 0.3) is 0 Å². The number of halogens is 2. The SMILES string of the molecule is COc1ccccc1Oc1ccc(N2C[C@H](C(=O)OCC(=O)Nc3ccc(Br)cc3Cl)CC2=O)cc1. The maximum absolute atomic E-state index is 12.6. The quantitative estimate of drug-likeness (QED) is 0.361. The molecule has 1 aliphatic heterocycles. The summed E-state index contributed by atoms with van der Waals surface area (Å²) in [5, 5.41) is 2.94. The molecule has 1 heterocycles. The molecule has 0 radical (unpaired) electrons. The predicted octanol–water partition coefficient (Wildman–Crippen LogP) is 5.44. The molecule has 1 saturated heterocycles. The van der Waals surface area contributed by atoms with Crippen molar-refractivity contribution < 1.29 is 28.6 Å². The molecule has 2 amide bonds. The lowest BCUT2D eigenvalue weighted by Crippen LogP contribution is -2.28. The number of carbonyl (C=O) groups is 3. The zero-order chi connectivity index (χ0) is 25.7. The van der Waals surface area contributed by atoms with E-state index in [-0.39, 0.29) is 18.9 Å². The van der Waals surface area contributed by atoms with Gasteiger partial charge in [0.15, 0.2) is 18.1 Å². The molecule has 4 rings (SSSR count). The highest BCUT2D eigenvalue weighted by atomic mass is 79.9. The van der Waals surface area contributed by atoms with Crippen molar-refractivity contribution >= 4 is 56.7 Å². The lowest BCUT2D eigenvalue weighted by Gasteiger charge is -2.17. The minimum Gasteiger partial charge on any atom is -0.493 e. The molecule has 1 atom stereocenters. The molecule has 3 aromatic rings. The molecule has 1 fully saturated rings. The third-order valence-corrected chi connectivity index (χ3v) is 6.26. The first-order valence-electron chi connectivity index (χ1n) is 11.0. The standard InChI is InChI=1S/C26H22BrClN2O6/c1-34-22-4-2-3-5-23(22)36-19-9-7-18(8-10-19)30-14-16(12-25(30)32)26(33)35-15-24(31)29-21-11-6-17(27)13-20(21)28/h2-11,13,16H,12,14-15H2,1H3,(H,29,31)/t16-/m1/s1. The summed E-state index contributed by atoms with van der Waals surface area (Å²) in [7, 11) is 1.57. The number of esters is 1. The molecular weight excluding hydrogens is 552 g/mol. The van der Waals surface area contributed by atoms with E-state index in [0.717, 1.165) is 4.47 Å². The second-order valence-electron chi connectivity index (χ2n) is 7.93. The summed E-state index contributed by atoms with van der Waals surface area (Å²) in [6.45, 7) is -0.324. The van der Waals surface area contributed by atoms with Gasteiger partial charge in [0.1, 0.15) is 5.75 Å². The van der Waals surface area contributed by atoms with E-state index >= 15 is 0 Å². The third-order valence-electron chi connectivity index (χ3n) is 5.45. The summed E-state index contributed by atoms with van der Waals surface area (Å²) in [5.74, 6) is -0.279. The van der Waals surface area contributed by atoms with Crippen LogP contribution < -0.4 is 19.7 Å². The van der Waals surface area contributed by atoms with Crippen LogP contribution in [0.15, 0.2) is 71.2 Å². The van der Waals surface area contributed by atoms with E-state index in [9.17, 15) is 14.4 Å². The zero-order valence-electron chi connectivity index (χ0n) is 19.2. The first-order valence-corrected chi connectivity index (χ1v) is 12.1. The summed E-state index contributed by atoms with van der Waals surface area (Å²) < 4.78 is 17.1. The van der Waals surface area contributed by atoms with Crippen LogP contribution in [0.4, 0.5) is 11.4 Å². The Kier molecular flexibility index (Phi) is 8.12. The minimum absolute atomic E-state index is 0.00153. The highest BCUT2D eigenvalue weighted by Crippen LogP contribution is 2.33. The largest absolute Gasteiger partial charge is 0.493 e. The highest BCUT2D eigenvalue weighted by Gasteiger charge is 2.36. The molecule has 0 aromatic heterocycles. The zero-order valence-corrected chi connectivity index (χ0v) is 21.5. The molecule has 0 spiro atoms. The Morgan fingerprint density at radius 3 is 2.50 bits per heavy atom. The monoisotopic (exact) mass is 572 g/mol. The van der Waals surface area contributed by atoms with Gasteiger partial charge in [-0.3, -0.25) is 14.4 Å². The summed E-state index contributed by atoms with van der Waals surface area (Å²) >= 11 is 9.37. The van der Waals surface area contributed by atoms with Crippen molar-refractivity contribution in [3.8, 4) is 17.2 Å². The fourth-order valence-corrected chi connectivity index (χ4v) is 4.39. The van der Waals surface area contributed by atoms with Gasteiger partial charge in [-0.05, 0) is 54.6 Å². The first-order chi connectivity index (χ1) is 17.3. The number of anilines is 2. The number of nitrogens with one attached hydrogen (secondary N) is 1. The minimum atomic E-state index is -0.675. The molecular formula is C26H22BrClN2O6. The number of ether oxygens (including phenoxy) is 3. The van der Waals surface area contributed by atoms with Crippen LogP contribution in [0.2, 0.25) is 5.02 Å². The Labute approximate surface area is 221 Å². The molecule has 0 unspecified atom stereocenters. The van der Waals surface area contributed by atoms with Crippen molar-refractivity contribution in [3.05, 3.63) is 76.2 Å². The molecule has 1 N–H and O–H groups in total. The number of nitrogens with zero attached hydrogens (tertiary/aromatic N) is 1. The Balaban J connectivity index is 1.31. The van der Waals surface area contributed by atoms with E-state index in [2.05, 4.69) is 21.2 Å².